The molecule has 0 bridgehead atoms. The van der Waals surface area contributed by atoms with E-state index in [1.54, 1.807) is 13.2 Å². The van der Waals surface area contributed by atoms with Crippen molar-refractivity contribution < 1.29 is 4.79 Å². The van der Waals surface area contributed by atoms with E-state index in [2.05, 4.69) is 23.7 Å². The fourth-order valence-electron chi connectivity index (χ4n) is 0.412. The molecule has 0 saturated carbocycles. The van der Waals surface area contributed by atoms with Gasteiger partial charge in [-0.3, -0.25) is 4.79 Å². The number of thioether (sulfide) groups is 1. The molecule has 12 heavy (non-hydrogen) atoms. The molecule has 0 unspecified atom stereocenters. The maximum Gasteiger partial charge on any atom is 0.163 e. The lowest BCUT2D eigenvalue weighted by Crippen LogP contribution is -1.78. The average Bonchev–Trinajstić information content (AvgIpc) is 2.11. The fourth-order valence-corrected chi connectivity index (χ4v) is 1.09. The number of carbonyl (C=O) groups excluding carboxylic acids is 1. The molecular weight excluding hydrogens is 192 g/mol. The Morgan fingerprint density at radius 1 is 1.50 bits per heavy atom. The maximum absolute atomic E-state index is 10.2. The molecule has 0 aromatic carbocycles. The summed E-state index contributed by atoms with van der Waals surface area (Å²) >= 11 is 6.88. The molecule has 0 aromatic heterocycles. The largest absolute Gasteiger partial charge is 0.297 e. The SMILES string of the molecule is CC#CC#C/C(SC)=C(\Cl)C=O. The number of allylic oxidation sites excluding steroid dienone is 2. The predicted octanol–water partition coefficient (Wildman–Crippen LogP) is 2.03. The number of hydrogen-bond donors (Lipinski definition) is 0. The molecule has 1 nitrogen and oxygen atoms in total. The van der Waals surface area contributed by atoms with Gasteiger partial charge in [-0.25, -0.2) is 0 Å². The van der Waals surface area contributed by atoms with Gasteiger partial charge in [-0.1, -0.05) is 17.5 Å². The van der Waals surface area contributed by atoms with Crippen LogP contribution in [0.1, 0.15) is 6.92 Å². The van der Waals surface area contributed by atoms with Crippen molar-refractivity contribution in [2.75, 3.05) is 6.26 Å². The first-order chi connectivity index (χ1) is 5.76. The molecule has 0 saturated heterocycles. The van der Waals surface area contributed by atoms with E-state index in [1.807, 2.05) is 0 Å². The summed E-state index contributed by atoms with van der Waals surface area (Å²) in [4.78, 5) is 10.8. The van der Waals surface area contributed by atoms with Crippen LogP contribution in [0.2, 0.25) is 0 Å². The van der Waals surface area contributed by atoms with Gasteiger partial charge >= 0.3 is 0 Å². The van der Waals surface area contributed by atoms with Gasteiger partial charge in [0.1, 0.15) is 5.03 Å². The molecule has 0 aliphatic heterocycles. The Kier molecular flexibility index (Phi) is 6.38. The van der Waals surface area contributed by atoms with Crippen LogP contribution in [0.5, 0.6) is 0 Å². The van der Waals surface area contributed by atoms with E-state index in [-0.39, 0.29) is 5.03 Å². The van der Waals surface area contributed by atoms with Crippen molar-refractivity contribution in [1.29, 1.82) is 0 Å². The van der Waals surface area contributed by atoms with Crippen LogP contribution in [0.15, 0.2) is 9.94 Å². The number of carbonyl (C=O) groups is 1. The molecule has 0 spiro atoms. The molecule has 0 N–H and O–H groups in total. The number of rotatable bonds is 2. The van der Waals surface area contributed by atoms with E-state index < -0.39 is 0 Å². The third-order valence-corrected chi connectivity index (χ3v) is 2.01. The Morgan fingerprint density at radius 2 is 2.17 bits per heavy atom. The minimum atomic E-state index is 0.132. The van der Waals surface area contributed by atoms with Gasteiger partial charge in [0.15, 0.2) is 6.29 Å². The minimum Gasteiger partial charge on any atom is -0.297 e. The highest BCUT2D eigenvalue weighted by Crippen LogP contribution is 2.16. The summed E-state index contributed by atoms with van der Waals surface area (Å²) in [5, 5.41) is 0.132. The number of halogens is 1. The third kappa shape index (κ3) is 4.13. The zero-order valence-corrected chi connectivity index (χ0v) is 8.34. The van der Waals surface area contributed by atoms with Crippen LogP contribution in [-0.4, -0.2) is 12.5 Å². The molecule has 0 atom stereocenters. The Bertz CT molecular complexity index is 309. The van der Waals surface area contributed by atoms with E-state index in [1.165, 1.54) is 11.8 Å². The molecule has 0 aromatic rings. The van der Waals surface area contributed by atoms with E-state index in [0.29, 0.717) is 11.2 Å². The second-order valence-corrected chi connectivity index (χ2v) is 2.85. The zero-order chi connectivity index (χ0) is 9.40. The van der Waals surface area contributed by atoms with Gasteiger partial charge in [0.25, 0.3) is 0 Å². The van der Waals surface area contributed by atoms with Gasteiger partial charge in [-0.05, 0) is 30.9 Å². The van der Waals surface area contributed by atoms with Crippen molar-refractivity contribution in [3.8, 4) is 23.7 Å². The molecule has 3 heteroatoms. The van der Waals surface area contributed by atoms with Crippen molar-refractivity contribution in [1.82, 2.24) is 0 Å². The van der Waals surface area contributed by atoms with E-state index >= 15 is 0 Å². The second-order valence-electron chi connectivity index (χ2n) is 1.62. The predicted molar refractivity (Wildman–Crippen MR) is 53.7 cm³/mol. The molecule has 0 amide bonds. The summed E-state index contributed by atoms with van der Waals surface area (Å²) in [6.07, 6.45) is 2.37. The Balaban J connectivity index is 4.69. The minimum absolute atomic E-state index is 0.132. The lowest BCUT2D eigenvalue weighted by molar-refractivity contribution is -0.104. The summed E-state index contributed by atoms with van der Waals surface area (Å²) in [6, 6.07) is 0. The van der Waals surface area contributed by atoms with E-state index in [0.717, 1.165) is 0 Å². The average molecular weight is 199 g/mol. The zero-order valence-electron chi connectivity index (χ0n) is 6.77. The van der Waals surface area contributed by atoms with Gasteiger partial charge in [0.05, 0.1) is 4.91 Å². The van der Waals surface area contributed by atoms with Crippen LogP contribution in [-0.2, 0) is 4.79 Å². The van der Waals surface area contributed by atoms with Gasteiger partial charge in [0, 0.05) is 0 Å². The van der Waals surface area contributed by atoms with Crippen LogP contribution in [0.4, 0.5) is 0 Å². The van der Waals surface area contributed by atoms with Crippen LogP contribution >= 0.6 is 23.4 Å². The lowest BCUT2D eigenvalue weighted by atomic mass is 10.5. The number of hydrogen-bond acceptors (Lipinski definition) is 2. The standard InChI is InChI=1S/C9H7ClOS/c1-3-4-5-6-9(12-2)8(10)7-11/h7H,1-2H3/b9-8+. The Morgan fingerprint density at radius 3 is 2.58 bits per heavy atom. The van der Waals surface area contributed by atoms with E-state index in [9.17, 15) is 4.79 Å². The molecule has 0 aliphatic rings. The monoisotopic (exact) mass is 198 g/mol. The van der Waals surface area contributed by atoms with Crippen LogP contribution in [0.25, 0.3) is 0 Å². The fraction of sp³-hybridized carbons (Fsp3) is 0.222. The van der Waals surface area contributed by atoms with Crippen molar-refractivity contribution in [2.24, 2.45) is 0 Å². The maximum atomic E-state index is 10.2. The first kappa shape index (κ1) is 11.2. The van der Waals surface area contributed by atoms with Gasteiger partial charge < -0.3 is 0 Å². The van der Waals surface area contributed by atoms with Gasteiger partial charge in [0.2, 0.25) is 0 Å². The van der Waals surface area contributed by atoms with Crippen molar-refractivity contribution in [2.45, 2.75) is 6.92 Å². The molecule has 0 aliphatic carbocycles. The third-order valence-electron chi connectivity index (χ3n) is 0.888. The summed E-state index contributed by atoms with van der Waals surface area (Å²) in [6.45, 7) is 1.69. The smallest absolute Gasteiger partial charge is 0.163 e. The Labute approximate surface area is 81.6 Å². The highest BCUT2D eigenvalue weighted by molar-refractivity contribution is 8.02. The molecule has 0 heterocycles. The highest BCUT2D eigenvalue weighted by atomic mass is 35.5. The highest BCUT2D eigenvalue weighted by Gasteiger charge is 1.97. The van der Waals surface area contributed by atoms with Crippen LogP contribution in [0, 0.1) is 23.7 Å². The van der Waals surface area contributed by atoms with Crippen LogP contribution in [0.3, 0.4) is 0 Å². The van der Waals surface area contributed by atoms with Crippen molar-refractivity contribution >= 4 is 29.6 Å². The first-order valence-corrected chi connectivity index (χ1v) is 4.68. The summed E-state index contributed by atoms with van der Waals surface area (Å²) in [5.74, 6) is 10.4. The van der Waals surface area contributed by atoms with E-state index in [4.69, 9.17) is 11.6 Å². The number of aldehydes is 1. The summed E-state index contributed by atoms with van der Waals surface area (Å²) in [5.41, 5.74) is 0. The molecule has 62 valence electrons. The second kappa shape index (κ2) is 6.85. The quantitative estimate of drug-likeness (QED) is 0.384. The molecule has 0 fully saturated rings. The topological polar surface area (TPSA) is 17.1 Å². The summed E-state index contributed by atoms with van der Waals surface area (Å²) < 4.78 is 0. The molecule has 0 radical (unpaired) electrons. The summed E-state index contributed by atoms with van der Waals surface area (Å²) in [7, 11) is 0. The van der Waals surface area contributed by atoms with Crippen molar-refractivity contribution in [3.05, 3.63) is 9.94 Å². The molecular formula is C9H7ClOS. The van der Waals surface area contributed by atoms with Gasteiger partial charge in [-0.2, -0.15) is 0 Å². The van der Waals surface area contributed by atoms with Gasteiger partial charge in [-0.15, -0.1) is 11.8 Å². The van der Waals surface area contributed by atoms with Crippen LogP contribution < -0.4 is 0 Å². The van der Waals surface area contributed by atoms with Crippen molar-refractivity contribution in [3.63, 3.8) is 0 Å². The molecule has 0 rings (SSSR count). The normalized spacial score (nSPS) is 9.92. The Hall–Kier alpha value is -0.830. The first-order valence-electron chi connectivity index (χ1n) is 3.08. The lowest BCUT2D eigenvalue weighted by Gasteiger charge is -1.90.